The van der Waals surface area contributed by atoms with Crippen LogP contribution in [0.2, 0.25) is 0 Å². The molecular formula is C14H13N3S2. The number of anilines is 1. The zero-order valence-corrected chi connectivity index (χ0v) is 12.0. The van der Waals surface area contributed by atoms with Gasteiger partial charge in [0.05, 0.1) is 11.4 Å². The summed E-state index contributed by atoms with van der Waals surface area (Å²) in [5.41, 5.74) is 0. The lowest BCUT2D eigenvalue weighted by atomic mass is 10.2. The number of rotatable bonds is 2. The molecule has 3 aromatic heterocycles. The fourth-order valence-corrected chi connectivity index (χ4v) is 4.40. The molecule has 0 radical (unpaired) electrons. The molecule has 0 saturated carbocycles. The maximum Gasteiger partial charge on any atom is 0.141 e. The lowest BCUT2D eigenvalue weighted by Crippen LogP contribution is -2.23. The predicted octanol–water partition coefficient (Wildman–Crippen LogP) is 4.09. The maximum atomic E-state index is 4.55. The molecule has 4 heterocycles. The van der Waals surface area contributed by atoms with E-state index in [1.165, 1.54) is 23.1 Å². The number of hydrogen-bond donors (Lipinski definition) is 0. The molecule has 0 amide bonds. The third-order valence-electron chi connectivity index (χ3n) is 3.64. The minimum atomic E-state index is 0.484. The summed E-state index contributed by atoms with van der Waals surface area (Å²) < 4.78 is 0. The fourth-order valence-electron chi connectivity index (χ4n) is 2.80. The van der Waals surface area contributed by atoms with Crippen molar-refractivity contribution in [2.45, 2.75) is 18.9 Å². The number of thiophene rings is 2. The van der Waals surface area contributed by atoms with E-state index >= 15 is 0 Å². The van der Waals surface area contributed by atoms with Gasteiger partial charge < -0.3 is 4.90 Å². The zero-order valence-electron chi connectivity index (χ0n) is 10.3. The predicted molar refractivity (Wildman–Crippen MR) is 81.1 cm³/mol. The van der Waals surface area contributed by atoms with Crippen LogP contribution in [0.1, 0.15) is 23.8 Å². The smallest absolute Gasteiger partial charge is 0.141 e. The first-order valence-electron chi connectivity index (χ1n) is 6.42. The minimum absolute atomic E-state index is 0.484. The fraction of sp³-hybridized carbons (Fsp3) is 0.286. The Kier molecular flexibility index (Phi) is 2.74. The van der Waals surface area contributed by atoms with Crippen LogP contribution in [0.5, 0.6) is 0 Å². The molecule has 0 N–H and O–H groups in total. The lowest BCUT2D eigenvalue weighted by Gasteiger charge is -2.25. The molecule has 1 aliphatic rings. The normalized spacial score (nSPS) is 19.4. The Balaban J connectivity index is 1.81. The van der Waals surface area contributed by atoms with E-state index in [9.17, 15) is 0 Å². The number of fused-ring (bicyclic) bond motifs is 1. The third kappa shape index (κ3) is 1.84. The molecule has 0 aromatic carbocycles. The van der Waals surface area contributed by atoms with Gasteiger partial charge in [-0.15, -0.1) is 22.7 Å². The lowest BCUT2D eigenvalue weighted by molar-refractivity contribution is 0.727. The van der Waals surface area contributed by atoms with Crippen molar-refractivity contribution >= 4 is 38.7 Å². The summed E-state index contributed by atoms with van der Waals surface area (Å²) in [6.07, 6.45) is 4.15. The van der Waals surface area contributed by atoms with Crippen molar-refractivity contribution in [2.24, 2.45) is 0 Å². The summed E-state index contributed by atoms with van der Waals surface area (Å²) in [5, 5.41) is 5.45. The highest BCUT2D eigenvalue weighted by atomic mass is 32.1. The van der Waals surface area contributed by atoms with E-state index in [0.717, 1.165) is 17.2 Å². The molecular weight excluding hydrogens is 274 g/mol. The highest BCUT2D eigenvalue weighted by Gasteiger charge is 2.29. The molecule has 1 atom stereocenters. The minimum Gasteiger partial charge on any atom is -0.348 e. The topological polar surface area (TPSA) is 29.0 Å². The molecule has 19 heavy (non-hydrogen) atoms. The Hall–Kier alpha value is -1.46. The molecule has 0 unspecified atom stereocenters. The van der Waals surface area contributed by atoms with Gasteiger partial charge in [0.2, 0.25) is 0 Å². The SMILES string of the molecule is c1csc([C@H]2CCCN2c2ncnc3sccc23)c1. The molecule has 4 rings (SSSR count). The van der Waals surface area contributed by atoms with E-state index in [-0.39, 0.29) is 0 Å². The first-order chi connectivity index (χ1) is 9.43. The van der Waals surface area contributed by atoms with Crippen LogP contribution in [0.25, 0.3) is 10.2 Å². The van der Waals surface area contributed by atoms with Crippen molar-refractivity contribution < 1.29 is 0 Å². The molecule has 5 heteroatoms. The van der Waals surface area contributed by atoms with Gasteiger partial charge in [-0.25, -0.2) is 9.97 Å². The summed E-state index contributed by atoms with van der Waals surface area (Å²) in [6, 6.07) is 6.99. The Morgan fingerprint density at radius 3 is 3.05 bits per heavy atom. The van der Waals surface area contributed by atoms with Crippen LogP contribution in [0.3, 0.4) is 0 Å². The highest BCUT2D eigenvalue weighted by Crippen LogP contribution is 2.39. The van der Waals surface area contributed by atoms with Gasteiger partial charge in [-0.05, 0) is 35.7 Å². The van der Waals surface area contributed by atoms with Gasteiger partial charge in [-0.3, -0.25) is 0 Å². The van der Waals surface area contributed by atoms with E-state index in [0.29, 0.717) is 6.04 Å². The molecule has 0 aliphatic carbocycles. The first-order valence-corrected chi connectivity index (χ1v) is 8.17. The Morgan fingerprint density at radius 1 is 1.16 bits per heavy atom. The molecule has 96 valence electrons. The van der Waals surface area contributed by atoms with Crippen molar-refractivity contribution in [3.63, 3.8) is 0 Å². The second-order valence-electron chi connectivity index (χ2n) is 4.70. The Morgan fingerprint density at radius 2 is 2.16 bits per heavy atom. The van der Waals surface area contributed by atoms with Gasteiger partial charge in [0.15, 0.2) is 0 Å². The van der Waals surface area contributed by atoms with E-state index in [4.69, 9.17) is 0 Å². The standard InChI is InChI=1S/C14H13N3S2/c1-3-11(12-4-2-7-18-12)17(6-1)13-10-5-8-19-14(10)16-9-15-13/h2,4-5,7-9,11H,1,3,6H2/t11-/m1/s1. The first kappa shape index (κ1) is 11.4. The quantitative estimate of drug-likeness (QED) is 0.710. The van der Waals surface area contributed by atoms with Crippen molar-refractivity contribution in [3.05, 3.63) is 40.2 Å². The Labute approximate surface area is 119 Å². The second kappa shape index (κ2) is 4.58. The van der Waals surface area contributed by atoms with Gasteiger partial charge in [-0.2, -0.15) is 0 Å². The van der Waals surface area contributed by atoms with E-state index < -0.39 is 0 Å². The average Bonchev–Trinajstić information content (AvgIpc) is 3.18. The van der Waals surface area contributed by atoms with Crippen LogP contribution in [0, 0.1) is 0 Å². The van der Waals surface area contributed by atoms with Crippen LogP contribution in [0.15, 0.2) is 35.3 Å². The molecule has 0 bridgehead atoms. The number of aromatic nitrogens is 2. The average molecular weight is 287 g/mol. The molecule has 1 fully saturated rings. The van der Waals surface area contributed by atoms with Crippen molar-refractivity contribution in [3.8, 4) is 0 Å². The van der Waals surface area contributed by atoms with Crippen LogP contribution in [-0.2, 0) is 0 Å². The molecule has 1 saturated heterocycles. The van der Waals surface area contributed by atoms with Crippen molar-refractivity contribution in [1.82, 2.24) is 9.97 Å². The van der Waals surface area contributed by atoms with Gasteiger partial charge in [-0.1, -0.05) is 6.07 Å². The Bertz CT molecular complexity index is 690. The second-order valence-corrected chi connectivity index (χ2v) is 6.58. The van der Waals surface area contributed by atoms with Gasteiger partial charge in [0, 0.05) is 11.4 Å². The van der Waals surface area contributed by atoms with Crippen molar-refractivity contribution in [2.75, 3.05) is 11.4 Å². The summed E-state index contributed by atoms with van der Waals surface area (Å²) in [7, 11) is 0. The third-order valence-corrected chi connectivity index (χ3v) is 5.43. The summed E-state index contributed by atoms with van der Waals surface area (Å²) in [4.78, 5) is 13.9. The summed E-state index contributed by atoms with van der Waals surface area (Å²) in [5.74, 6) is 1.10. The van der Waals surface area contributed by atoms with Crippen LogP contribution >= 0.6 is 22.7 Å². The van der Waals surface area contributed by atoms with Crippen molar-refractivity contribution in [1.29, 1.82) is 0 Å². The molecule has 0 spiro atoms. The molecule has 3 aromatic rings. The molecule has 3 nitrogen and oxygen atoms in total. The highest BCUT2D eigenvalue weighted by molar-refractivity contribution is 7.16. The summed E-state index contributed by atoms with van der Waals surface area (Å²) >= 11 is 3.53. The van der Waals surface area contributed by atoms with Gasteiger partial charge >= 0.3 is 0 Å². The zero-order chi connectivity index (χ0) is 12.7. The van der Waals surface area contributed by atoms with Gasteiger partial charge in [0.1, 0.15) is 17.0 Å². The van der Waals surface area contributed by atoms with Crippen LogP contribution < -0.4 is 4.90 Å². The van der Waals surface area contributed by atoms with Crippen LogP contribution in [-0.4, -0.2) is 16.5 Å². The van der Waals surface area contributed by atoms with E-state index in [1.54, 1.807) is 17.7 Å². The number of nitrogens with zero attached hydrogens (tertiary/aromatic N) is 3. The van der Waals surface area contributed by atoms with Gasteiger partial charge in [0.25, 0.3) is 0 Å². The largest absolute Gasteiger partial charge is 0.348 e. The summed E-state index contributed by atoms with van der Waals surface area (Å²) in [6.45, 7) is 1.09. The maximum absolute atomic E-state index is 4.55. The van der Waals surface area contributed by atoms with E-state index in [1.807, 2.05) is 11.3 Å². The van der Waals surface area contributed by atoms with E-state index in [2.05, 4.69) is 43.8 Å². The molecule has 1 aliphatic heterocycles. The number of hydrogen-bond acceptors (Lipinski definition) is 5. The monoisotopic (exact) mass is 287 g/mol. The van der Waals surface area contributed by atoms with Crippen LogP contribution in [0.4, 0.5) is 5.82 Å².